The molecule has 0 amide bonds. The van der Waals surface area contributed by atoms with Crippen LogP contribution in [0.25, 0.3) is 0 Å². The molecule has 2 atom stereocenters. The minimum Gasteiger partial charge on any atom is -0.454 e. The number of fused-ring (bicyclic) bond motifs is 1. The van der Waals surface area contributed by atoms with E-state index in [0.29, 0.717) is 36.6 Å². The number of halogens is 2. The molecule has 2 aromatic carbocycles. The van der Waals surface area contributed by atoms with E-state index in [1.54, 1.807) is 6.07 Å². The second-order valence-corrected chi connectivity index (χ2v) is 8.23. The Kier molecular flexibility index (Phi) is 4.75. The molecule has 27 heavy (non-hydrogen) atoms. The Morgan fingerprint density at radius 3 is 2.67 bits per heavy atom. The number of ether oxygens (including phenoxy) is 2. The zero-order chi connectivity index (χ0) is 19.0. The first kappa shape index (κ1) is 18.1. The van der Waals surface area contributed by atoms with E-state index in [4.69, 9.17) is 9.47 Å². The number of hydrogen-bond acceptors (Lipinski definition) is 5. The summed E-state index contributed by atoms with van der Waals surface area (Å²) in [6, 6.07) is 7.59. The van der Waals surface area contributed by atoms with Crippen molar-refractivity contribution in [3.05, 3.63) is 53.6 Å². The van der Waals surface area contributed by atoms with Crippen molar-refractivity contribution in [3.63, 3.8) is 0 Å². The Balaban J connectivity index is 1.59. The molecule has 0 saturated carbocycles. The molecular weight excluding hydrogens is 378 g/mol. The van der Waals surface area contributed by atoms with Crippen LogP contribution in [0.4, 0.5) is 8.78 Å². The van der Waals surface area contributed by atoms with Crippen molar-refractivity contribution in [2.24, 2.45) is 0 Å². The largest absolute Gasteiger partial charge is 0.454 e. The molecule has 0 aromatic heterocycles. The average molecular weight is 396 g/mol. The monoisotopic (exact) mass is 396 g/mol. The molecule has 1 fully saturated rings. The van der Waals surface area contributed by atoms with E-state index in [9.17, 15) is 17.2 Å². The first-order valence-corrected chi connectivity index (χ1v) is 10.00. The van der Waals surface area contributed by atoms with Gasteiger partial charge >= 0.3 is 0 Å². The fourth-order valence-electron chi connectivity index (χ4n) is 3.44. The van der Waals surface area contributed by atoms with Gasteiger partial charge in [-0.25, -0.2) is 21.9 Å². The molecule has 144 valence electrons. The standard InChI is InChI=1S/C18H18F2N2O4S/c19-14-3-1-11(7-15(14)20)13-5-6-21-9-16(13)22-27(23,24)12-2-4-17-18(8-12)26-10-25-17/h1-4,7-8,13,16,21-22H,5-6,9-10H2. The first-order chi connectivity index (χ1) is 12.9. The molecule has 2 heterocycles. The van der Waals surface area contributed by atoms with E-state index in [1.165, 1.54) is 18.2 Å². The van der Waals surface area contributed by atoms with Crippen molar-refractivity contribution in [3.8, 4) is 11.5 Å². The number of sulfonamides is 1. The van der Waals surface area contributed by atoms with Gasteiger partial charge in [0.1, 0.15) is 0 Å². The molecular formula is C18H18F2N2O4S. The second-order valence-electron chi connectivity index (χ2n) is 6.52. The average Bonchev–Trinajstić information content (AvgIpc) is 3.12. The van der Waals surface area contributed by atoms with Crippen LogP contribution >= 0.6 is 0 Å². The van der Waals surface area contributed by atoms with E-state index in [2.05, 4.69) is 10.0 Å². The van der Waals surface area contributed by atoms with Crippen molar-refractivity contribution in [1.29, 1.82) is 0 Å². The third-order valence-electron chi connectivity index (χ3n) is 4.81. The minimum atomic E-state index is -3.83. The van der Waals surface area contributed by atoms with Gasteiger partial charge in [0.15, 0.2) is 23.1 Å². The third-order valence-corrected chi connectivity index (χ3v) is 6.30. The van der Waals surface area contributed by atoms with E-state index in [-0.39, 0.29) is 17.6 Å². The maximum Gasteiger partial charge on any atom is 0.241 e. The second kappa shape index (κ2) is 7.06. The van der Waals surface area contributed by atoms with Gasteiger partial charge in [-0.05, 0) is 42.8 Å². The Labute approximate surface area is 155 Å². The summed E-state index contributed by atoms with van der Waals surface area (Å²) in [4.78, 5) is 0.0568. The number of nitrogens with one attached hydrogen (secondary N) is 2. The lowest BCUT2D eigenvalue weighted by atomic mass is 9.86. The Bertz CT molecular complexity index is 968. The number of benzene rings is 2. The number of rotatable bonds is 4. The van der Waals surface area contributed by atoms with Gasteiger partial charge in [-0.15, -0.1) is 0 Å². The van der Waals surface area contributed by atoms with Crippen LogP contribution in [0.15, 0.2) is 41.3 Å². The molecule has 2 N–H and O–H groups in total. The lowest BCUT2D eigenvalue weighted by Gasteiger charge is -2.33. The van der Waals surface area contributed by atoms with E-state index >= 15 is 0 Å². The number of hydrogen-bond donors (Lipinski definition) is 2. The van der Waals surface area contributed by atoms with Gasteiger partial charge in [0.25, 0.3) is 0 Å². The topological polar surface area (TPSA) is 76.7 Å². The van der Waals surface area contributed by atoms with Gasteiger partial charge in [0, 0.05) is 24.6 Å². The van der Waals surface area contributed by atoms with Gasteiger partial charge in [-0.3, -0.25) is 0 Å². The highest BCUT2D eigenvalue weighted by Gasteiger charge is 2.31. The van der Waals surface area contributed by atoms with Gasteiger partial charge in [-0.2, -0.15) is 0 Å². The molecule has 2 unspecified atom stereocenters. The maximum atomic E-state index is 13.6. The quantitative estimate of drug-likeness (QED) is 0.828. The highest BCUT2D eigenvalue weighted by molar-refractivity contribution is 7.89. The summed E-state index contributed by atoms with van der Waals surface area (Å²) in [5.41, 5.74) is 0.564. The van der Waals surface area contributed by atoms with Crippen molar-refractivity contribution in [1.82, 2.24) is 10.0 Å². The lowest BCUT2D eigenvalue weighted by molar-refractivity contribution is 0.174. The van der Waals surface area contributed by atoms with Gasteiger partial charge in [0.05, 0.1) is 4.90 Å². The summed E-state index contributed by atoms with van der Waals surface area (Å²) in [7, 11) is -3.83. The van der Waals surface area contributed by atoms with Gasteiger partial charge in [-0.1, -0.05) is 6.07 Å². The van der Waals surface area contributed by atoms with Crippen molar-refractivity contribution in [2.45, 2.75) is 23.3 Å². The summed E-state index contributed by atoms with van der Waals surface area (Å²) in [5, 5.41) is 3.14. The van der Waals surface area contributed by atoms with Crippen LogP contribution in [0.2, 0.25) is 0 Å². The van der Waals surface area contributed by atoms with Crippen molar-refractivity contribution >= 4 is 10.0 Å². The zero-order valence-electron chi connectivity index (χ0n) is 14.2. The zero-order valence-corrected chi connectivity index (χ0v) is 15.1. The summed E-state index contributed by atoms with van der Waals surface area (Å²) >= 11 is 0. The SMILES string of the molecule is O=S(=O)(NC1CNCCC1c1ccc(F)c(F)c1)c1ccc2c(c1)OCO2. The van der Waals surface area contributed by atoms with Gasteiger partial charge in [0.2, 0.25) is 16.8 Å². The molecule has 2 aliphatic heterocycles. The highest BCUT2D eigenvalue weighted by Crippen LogP contribution is 2.34. The molecule has 9 heteroatoms. The highest BCUT2D eigenvalue weighted by atomic mass is 32.2. The van der Waals surface area contributed by atoms with Gasteiger partial charge < -0.3 is 14.8 Å². The summed E-state index contributed by atoms with van der Waals surface area (Å²) in [5.74, 6) is -1.27. The van der Waals surface area contributed by atoms with Crippen LogP contribution in [0.1, 0.15) is 17.9 Å². The molecule has 6 nitrogen and oxygen atoms in total. The van der Waals surface area contributed by atoms with Crippen molar-refractivity contribution in [2.75, 3.05) is 19.9 Å². The normalized spacial score (nSPS) is 22.0. The molecule has 2 aliphatic rings. The molecule has 2 aromatic rings. The Morgan fingerprint density at radius 2 is 1.85 bits per heavy atom. The maximum absolute atomic E-state index is 13.6. The van der Waals surface area contributed by atoms with E-state index in [0.717, 1.165) is 12.1 Å². The third kappa shape index (κ3) is 3.62. The molecule has 0 spiro atoms. The van der Waals surface area contributed by atoms with Crippen LogP contribution in [0.5, 0.6) is 11.5 Å². The van der Waals surface area contributed by atoms with Crippen LogP contribution in [0, 0.1) is 11.6 Å². The fourth-order valence-corrected chi connectivity index (χ4v) is 4.73. The molecule has 0 bridgehead atoms. The van der Waals surface area contributed by atoms with E-state index in [1.807, 2.05) is 0 Å². The first-order valence-electron chi connectivity index (χ1n) is 8.52. The summed E-state index contributed by atoms with van der Waals surface area (Å²) in [6.07, 6.45) is 0.597. The summed E-state index contributed by atoms with van der Waals surface area (Å²) in [6.45, 7) is 1.09. The summed E-state index contributed by atoms with van der Waals surface area (Å²) < 4.78 is 65.7. The van der Waals surface area contributed by atoms with Crippen LogP contribution in [-0.4, -0.2) is 34.3 Å². The molecule has 0 aliphatic carbocycles. The smallest absolute Gasteiger partial charge is 0.241 e. The van der Waals surface area contributed by atoms with Crippen molar-refractivity contribution < 1.29 is 26.7 Å². The van der Waals surface area contributed by atoms with Crippen LogP contribution in [-0.2, 0) is 10.0 Å². The lowest BCUT2D eigenvalue weighted by Crippen LogP contribution is -2.49. The Hall–Kier alpha value is -2.23. The predicted octanol–water partition coefficient (Wildman–Crippen LogP) is 2.12. The molecule has 0 radical (unpaired) electrons. The predicted molar refractivity (Wildman–Crippen MR) is 93.3 cm³/mol. The molecule has 1 saturated heterocycles. The fraction of sp³-hybridized carbons (Fsp3) is 0.333. The Morgan fingerprint density at radius 1 is 1.04 bits per heavy atom. The van der Waals surface area contributed by atoms with E-state index < -0.39 is 27.7 Å². The minimum absolute atomic E-state index is 0.0526. The molecule has 4 rings (SSSR count). The number of piperidine rings is 1. The van der Waals surface area contributed by atoms with Crippen LogP contribution < -0.4 is 19.5 Å². The van der Waals surface area contributed by atoms with Crippen LogP contribution in [0.3, 0.4) is 0 Å².